The molecule has 1 aromatic heterocycles. The summed E-state index contributed by atoms with van der Waals surface area (Å²) in [6.45, 7) is -1.09. The molecule has 0 aromatic carbocycles. The average Bonchev–Trinajstić information content (AvgIpc) is 2.14. The molecule has 0 atom stereocenters. The Kier molecular flexibility index (Phi) is 6.06. The van der Waals surface area contributed by atoms with Crippen molar-refractivity contribution in [3.8, 4) is 5.88 Å². The van der Waals surface area contributed by atoms with Crippen molar-refractivity contribution < 1.29 is 17.9 Å². The van der Waals surface area contributed by atoms with Crippen LogP contribution in [0.5, 0.6) is 5.88 Å². The minimum atomic E-state index is -4.37. The molecular formula is C8H9BrClF3N2O. The predicted molar refractivity (Wildman–Crippen MR) is 58.6 cm³/mol. The van der Waals surface area contributed by atoms with Crippen LogP contribution in [-0.2, 0) is 6.54 Å². The summed E-state index contributed by atoms with van der Waals surface area (Å²) in [6.07, 6.45) is -3.00. The van der Waals surface area contributed by atoms with Crippen molar-refractivity contribution in [1.29, 1.82) is 0 Å². The summed E-state index contributed by atoms with van der Waals surface area (Å²) in [5.74, 6) is -0.0930. The second kappa shape index (κ2) is 6.27. The van der Waals surface area contributed by atoms with Crippen LogP contribution in [0.15, 0.2) is 16.7 Å². The van der Waals surface area contributed by atoms with Gasteiger partial charge in [-0.1, -0.05) is 0 Å². The molecule has 0 aliphatic carbocycles. The van der Waals surface area contributed by atoms with Crippen LogP contribution in [0.3, 0.4) is 0 Å². The lowest BCUT2D eigenvalue weighted by atomic mass is 10.3. The molecule has 0 spiro atoms. The summed E-state index contributed by atoms with van der Waals surface area (Å²) >= 11 is 3.05. The van der Waals surface area contributed by atoms with Crippen LogP contribution in [-0.4, -0.2) is 17.8 Å². The largest absolute Gasteiger partial charge is 0.467 e. The van der Waals surface area contributed by atoms with Crippen LogP contribution in [0.1, 0.15) is 5.56 Å². The summed E-state index contributed by atoms with van der Waals surface area (Å²) in [5.41, 5.74) is 6.04. The van der Waals surface area contributed by atoms with Crippen molar-refractivity contribution in [3.63, 3.8) is 0 Å². The molecule has 8 heteroatoms. The summed E-state index contributed by atoms with van der Waals surface area (Å²) in [6, 6.07) is 1.57. The Hall–Kier alpha value is -0.530. The van der Waals surface area contributed by atoms with Gasteiger partial charge in [-0.2, -0.15) is 13.2 Å². The van der Waals surface area contributed by atoms with E-state index in [1.54, 1.807) is 6.07 Å². The average molecular weight is 322 g/mol. The fourth-order valence-corrected chi connectivity index (χ4v) is 1.34. The molecule has 92 valence electrons. The van der Waals surface area contributed by atoms with Crippen molar-refractivity contribution >= 4 is 28.3 Å². The highest BCUT2D eigenvalue weighted by Crippen LogP contribution is 2.25. The third kappa shape index (κ3) is 5.00. The van der Waals surface area contributed by atoms with Gasteiger partial charge < -0.3 is 10.5 Å². The maximum atomic E-state index is 11.8. The molecule has 1 heterocycles. The quantitative estimate of drug-likeness (QED) is 0.931. The zero-order chi connectivity index (χ0) is 11.5. The lowest BCUT2D eigenvalue weighted by molar-refractivity contribution is -0.154. The van der Waals surface area contributed by atoms with E-state index in [4.69, 9.17) is 5.73 Å². The zero-order valence-electron chi connectivity index (χ0n) is 7.92. The molecule has 2 N–H and O–H groups in total. The number of rotatable bonds is 3. The maximum Gasteiger partial charge on any atom is 0.422 e. The van der Waals surface area contributed by atoms with E-state index in [1.165, 1.54) is 6.20 Å². The van der Waals surface area contributed by atoms with E-state index >= 15 is 0 Å². The molecule has 0 radical (unpaired) electrons. The Balaban J connectivity index is 0.00000225. The number of hydrogen-bond acceptors (Lipinski definition) is 3. The minimum absolute atomic E-state index is 0. The Morgan fingerprint density at radius 2 is 2.06 bits per heavy atom. The minimum Gasteiger partial charge on any atom is -0.467 e. The monoisotopic (exact) mass is 320 g/mol. The Bertz CT molecular complexity index is 349. The second-order valence-electron chi connectivity index (χ2n) is 2.74. The van der Waals surface area contributed by atoms with Gasteiger partial charge in [0.2, 0.25) is 5.88 Å². The van der Waals surface area contributed by atoms with E-state index in [2.05, 4.69) is 25.7 Å². The van der Waals surface area contributed by atoms with Crippen molar-refractivity contribution in [3.05, 3.63) is 22.3 Å². The SMILES string of the molecule is Cl.NCc1cnc(OCC(F)(F)F)c(Br)c1. The van der Waals surface area contributed by atoms with Gasteiger partial charge >= 0.3 is 6.18 Å². The van der Waals surface area contributed by atoms with E-state index in [1.807, 2.05) is 0 Å². The highest BCUT2D eigenvalue weighted by Gasteiger charge is 2.29. The predicted octanol–water partition coefficient (Wildman–Crippen LogP) is 2.67. The van der Waals surface area contributed by atoms with Gasteiger partial charge in [0.05, 0.1) is 4.47 Å². The number of aromatic nitrogens is 1. The highest BCUT2D eigenvalue weighted by molar-refractivity contribution is 9.10. The Labute approximate surface area is 105 Å². The normalized spacial score (nSPS) is 10.8. The van der Waals surface area contributed by atoms with Gasteiger partial charge in [0, 0.05) is 12.7 Å². The molecule has 0 bridgehead atoms. The maximum absolute atomic E-state index is 11.8. The molecule has 0 aliphatic rings. The van der Waals surface area contributed by atoms with E-state index < -0.39 is 12.8 Å². The number of pyridine rings is 1. The van der Waals surface area contributed by atoms with E-state index in [0.717, 1.165) is 0 Å². The highest BCUT2D eigenvalue weighted by atomic mass is 79.9. The Morgan fingerprint density at radius 1 is 1.44 bits per heavy atom. The van der Waals surface area contributed by atoms with Gasteiger partial charge in [-0.15, -0.1) is 12.4 Å². The van der Waals surface area contributed by atoms with E-state index in [9.17, 15) is 13.2 Å². The second-order valence-corrected chi connectivity index (χ2v) is 3.59. The van der Waals surface area contributed by atoms with Gasteiger partial charge in [-0.3, -0.25) is 0 Å². The van der Waals surface area contributed by atoms with Gasteiger partial charge in [0.15, 0.2) is 6.61 Å². The lowest BCUT2D eigenvalue weighted by Crippen LogP contribution is -2.19. The fourth-order valence-electron chi connectivity index (χ4n) is 0.833. The van der Waals surface area contributed by atoms with Gasteiger partial charge in [-0.05, 0) is 27.6 Å². The summed E-state index contributed by atoms with van der Waals surface area (Å²) < 4.78 is 40.3. The molecule has 0 fully saturated rings. The molecule has 0 saturated heterocycles. The van der Waals surface area contributed by atoms with Crippen molar-refractivity contribution in [2.75, 3.05) is 6.61 Å². The van der Waals surface area contributed by atoms with E-state index in [-0.39, 0.29) is 24.8 Å². The molecule has 1 aromatic rings. The van der Waals surface area contributed by atoms with E-state index in [0.29, 0.717) is 10.0 Å². The summed E-state index contributed by atoms with van der Waals surface area (Å²) in [7, 11) is 0. The van der Waals surface area contributed by atoms with Crippen molar-refractivity contribution in [2.24, 2.45) is 5.73 Å². The smallest absolute Gasteiger partial charge is 0.422 e. The Morgan fingerprint density at radius 3 is 2.50 bits per heavy atom. The van der Waals surface area contributed by atoms with Crippen LogP contribution >= 0.6 is 28.3 Å². The first-order valence-electron chi connectivity index (χ1n) is 3.96. The van der Waals surface area contributed by atoms with Crippen LogP contribution in [0.2, 0.25) is 0 Å². The van der Waals surface area contributed by atoms with Crippen molar-refractivity contribution in [1.82, 2.24) is 4.98 Å². The third-order valence-corrected chi connectivity index (χ3v) is 2.04. The van der Waals surface area contributed by atoms with Crippen LogP contribution in [0, 0.1) is 0 Å². The van der Waals surface area contributed by atoms with Gasteiger partial charge in [0.1, 0.15) is 0 Å². The summed E-state index contributed by atoms with van der Waals surface area (Å²) in [4.78, 5) is 3.70. The number of nitrogens with zero attached hydrogens (tertiary/aromatic N) is 1. The molecular weight excluding hydrogens is 312 g/mol. The van der Waals surface area contributed by atoms with Gasteiger partial charge in [0.25, 0.3) is 0 Å². The lowest BCUT2D eigenvalue weighted by Gasteiger charge is -2.09. The number of halogens is 5. The first-order chi connectivity index (χ1) is 6.92. The molecule has 1 rings (SSSR count). The first-order valence-corrected chi connectivity index (χ1v) is 4.75. The molecule has 16 heavy (non-hydrogen) atoms. The van der Waals surface area contributed by atoms with Crippen LogP contribution in [0.4, 0.5) is 13.2 Å². The zero-order valence-corrected chi connectivity index (χ0v) is 10.3. The molecule has 0 unspecified atom stereocenters. The van der Waals surface area contributed by atoms with Crippen LogP contribution < -0.4 is 10.5 Å². The number of alkyl halides is 3. The van der Waals surface area contributed by atoms with Gasteiger partial charge in [-0.25, -0.2) is 4.98 Å². The molecule has 0 aliphatic heterocycles. The standard InChI is InChI=1S/C8H8BrF3N2O.ClH/c9-6-1-5(2-13)3-14-7(6)15-4-8(10,11)12;/h1,3H,2,4,13H2;1H. The summed E-state index contributed by atoms with van der Waals surface area (Å²) in [5, 5.41) is 0. The molecule has 0 amide bonds. The molecule has 3 nitrogen and oxygen atoms in total. The number of hydrogen-bond donors (Lipinski definition) is 1. The van der Waals surface area contributed by atoms with Crippen molar-refractivity contribution in [2.45, 2.75) is 12.7 Å². The number of ether oxygens (including phenoxy) is 1. The molecule has 0 saturated carbocycles. The number of nitrogens with two attached hydrogens (primary N) is 1. The third-order valence-electron chi connectivity index (χ3n) is 1.47. The fraction of sp³-hybridized carbons (Fsp3) is 0.375. The first kappa shape index (κ1) is 15.5. The van der Waals surface area contributed by atoms with Crippen LogP contribution in [0.25, 0.3) is 0 Å². The topological polar surface area (TPSA) is 48.1 Å².